The molecule has 1 rings (SSSR count). The van der Waals surface area contributed by atoms with E-state index in [0.717, 1.165) is 31.7 Å². The molecule has 0 aromatic carbocycles. The average Bonchev–Trinajstić information content (AvgIpc) is 2.61. The summed E-state index contributed by atoms with van der Waals surface area (Å²) in [5, 5.41) is 3.29. The number of amides is 1. The van der Waals surface area contributed by atoms with Crippen LogP contribution < -0.4 is 5.32 Å². The molecule has 14 heavy (non-hydrogen) atoms. The zero-order chi connectivity index (χ0) is 10.6. The molecule has 1 atom stereocenters. The van der Waals surface area contributed by atoms with Gasteiger partial charge in [0.25, 0.3) is 0 Å². The van der Waals surface area contributed by atoms with Gasteiger partial charge in [-0.1, -0.05) is 0 Å². The Morgan fingerprint density at radius 2 is 2.36 bits per heavy atom. The molecule has 0 saturated carbocycles. The summed E-state index contributed by atoms with van der Waals surface area (Å²) >= 11 is 1.77. The fraction of sp³-hybridized carbons (Fsp3) is 0.900. The van der Waals surface area contributed by atoms with Gasteiger partial charge in [0.2, 0.25) is 5.91 Å². The molecule has 82 valence electrons. The second-order valence-corrected chi connectivity index (χ2v) is 5.07. The third kappa shape index (κ3) is 2.64. The molecule has 0 radical (unpaired) electrons. The summed E-state index contributed by atoms with van der Waals surface area (Å²) in [5.74, 6) is 1.25. The molecule has 1 N–H and O–H groups in total. The molecule has 1 unspecified atom stereocenters. The number of rotatable bonds is 4. The first kappa shape index (κ1) is 11.9. The van der Waals surface area contributed by atoms with Gasteiger partial charge in [-0.25, -0.2) is 0 Å². The first-order chi connectivity index (χ1) is 6.60. The van der Waals surface area contributed by atoms with E-state index in [4.69, 9.17) is 0 Å². The molecule has 1 heterocycles. The number of hydrogen-bond acceptors (Lipinski definition) is 3. The highest BCUT2D eigenvalue weighted by molar-refractivity contribution is 7.98. The number of carbonyl (C=O) groups is 1. The summed E-state index contributed by atoms with van der Waals surface area (Å²) in [5.41, 5.74) is -0.298. The van der Waals surface area contributed by atoms with Gasteiger partial charge < -0.3 is 10.2 Å². The Morgan fingerprint density at radius 3 is 2.86 bits per heavy atom. The molecule has 0 spiro atoms. The molecule has 4 heteroatoms. The van der Waals surface area contributed by atoms with Gasteiger partial charge in [-0.15, -0.1) is 0 Å². The highest BCUT2D eigenvalue weighted by atomic mass is 32.2. The second kappa shape index (κ2) is 5.03. The Labute approximate surface area is 90.6 Å². The van der Waals surface area contributed by atoms with Crippen LogP contribution in [0.1, 0.15) is 19.8 Å². The van der Waals surface area contributed by atoms with Crippen LogP contribution in [0.3, 0.4) is 0 Å². The van der Waals surface area contributed by atoms with Crippen molar-refractivity contribution in [3.05, 3.63) is 0 Å². The normalized spacial score (nSPS) is 26.5. The lowest BCUT2D eigenvalue weighted by Crippen LogP contribution is -2.52. The smallest absolute Gasteiger partial charge is 0.242 e. The van der Waals surface area contributed by atoms with E-state index >= 15 is 0 Å². The Morgan fingerprint density at radius 1 is 1.64 bits per heavy atom. The van der Waals surface area contributed by atoms with Crippen LogP contribution in [0, 0.1) is 0 Å². The van der Waals surface area contributed by atoms with Crippen molar-refractivity contribution in [3.63, 3.8) is 0 Å². The van der Waals surface area contributed by atoms with Crippen LogP contribution in [-0.2, 0) is 4.79 Å². The molecule has 1 saturated heterocycles. The number of carbonyl (C=O) groups excluding carboxylic acids is 1. The standard InChI is InChI=1S/C10H20N2OS/c1-10(5-4-6-11-10)9(13)12(2)7-8-14-3/h11H,4-8H2,1-3H3. The van der Waals surface area contributed by atoms with E-state index in [-0.39, 0.29) is 11.4 Å². The van der Waals surface area contributed by atoms with Crippen molar-refractivity contribution < 1.29 is 4.79 Å². The van der Waals surface area contributed by atoms with Gasteiger partial charge in [-0.2, -0.15) is 11.8 Å². The minimum Gasteiger partial charge on any atom is -0.343 e. The molecule has 1 aliphatic heterocycles. The molecule has 1 fully saturated rings. The lowest BCUT2D eigenvalue weighted by Gasteiger charge is -2.29. The van der Waals surface area contributed by atoms with E-state index in [9.17, 15) is 4.79 Å². The van der Waals surface area contributed by atoms with Crippen molar-refractivity contribution in [3.8, 4) is 0 Å². The zero-order valence-electron chi connectivity index (χ0n) is 9.30. The van der Waals surface area contributed by atoms with Gasteiger partial charge >= 0.3 is 0 Å². The van der Waals surface area contributed by atoms with Crippen LogP contribution in [0.2, 0.25) is 0 Å². The average molecular weight is 216 g/mol. The van der Waals surface area contributed by atoms with Crippen molar-refractivity contribution in [1.82, 2.24) is 10.2 Å². The third-order valence-corrected chi connectivity index (χ3v) is 3.41. The topological polar surface area (TPSA) is 32.3 Å². The van der Waals surface area contributed by atoms with Crippen molar-refractivity contribution in [2.75, 3.05) is 32.1 Å². The summed E-state index contributed by atoms with van der Waals surface area (Å²) in [6, 6.07) is 0. The highest BCUT2D eigenvalue weighted by Gasteiger charge is 2.37. The van der Waals surface area contributed by atoms with Crippen LogP contribution in [0.4, 0.5) is 0 Å². The molecular formula is C10H20N2OS. The van der Waals surface area contributed by atoms with Gasteiger partial charge in [-0.3, -0.25) is 4.79 Å². The van der Waals surface area contributed by atoms with E-state index in [1.54, 1.807) is 11.8 Å². The fourth-order valence-electron chi connectivity index (χ4n) is 1.83. The number of likely N-dealkylation sites (N-methyl/N-ethyl adjacent to an activating group) is 1. The molecule has 1 aliphatic rings. The maximum absolute atomic E-state index is 12.0. The Balaban J connectivity index is 2.46. The van der Waals surface area contributed by atoms with Crippen molar-refractivity contribution in [2.24, 2.45) is 0 Å². The predicted molar refractivity (Wildman–Crippen MR) is 61.7 cm³/mol. The zero-order valence-corrected chi connectivity index (χ0v) is 10.1. The van der Waals surface area contributed by atoms with Crippen molar-refractivity contribution >= 4 is 17.7 Å². The van der Waals surface area contributed by atoms with Gasteiger partial charge in [0.05, 0.1) is 5.54 Å². The molecule has 0 bridgehead atoms. The minimum absolute atomic E-state index is 0.240. The lowest BCUT2D eigenvalue weighted by atomic mass is 9.99. The van der Waals surface area contributed by atoms with Gasteiger partial charge in [0.15, 0.2) is 0 Å². The fourth-order valence-corrected chi connectivity index (χ4v) is 2.28. The summed E-state index contributed by atoms with van der Waals surface area (Å²) in [6.45, 7) is 3.83. The van der Waals surface area contributed by atoms with Gasteiger partial charge in [0.1, 0.15) is 0 Å². The lowest BCUT2D eigenvalue weighted by molar-refractivity contribution is -0.135. The maximum Gasteiger partial charge on any atom is 0.242 e. The molecule has 3 nitrogen and oxygen atoms in total. The number of nitrogens with one attached hydrogen (secondary N) is 1. The van der Waals surface area contributed by atoms with Crippen LogP contribution in [0.25, 0.3) is 0 Å². The first-order valence-electron chi connectivity index (χ1n) is 5.10. The molecule has 0 aliphatic carbocycles. The van der Waals surface area contributed by atoms with Gasteiger partial charge in [0, 0.05) is 19.3 Å². The number of thioether (sulfide) groups is 1. The summed E-state index contributed by atoms with van der Waals surface area (Å²) in [7, 11) is 1.89. The van der Waals surface area contributed by atoms with E-state index in [0.29, 0.717) is 0 Å². The molecule has 0 aromatic heterocycles. The predicted octanol–water partition coefficient (Wildman–Crippen LogP) is 0.950. The third-order valence-electron chi connectivity index (χ3n) is 2.82. The summed E-state index contributed by atoms with van der Waals surface area (Å²) in [4.78, 5) is 13.9. The maximum atomic E-state index is 12.0. The van der Waals surface area contributed by atoms with Crippen molar-refractivity contribution in [1.29, 1.82) is 0 Å². The SMILES string of the molecule is CSCCN(C)C(=O)C1(C)CCCN1. The number of hydrogen-bond donors (Lipinski definition) is 1. The monoisotopic (exact) mass is 216 g/mol. The first-order valence-corrected chi connectivity index (χ1v) is 6.49. The summed E-state index contributed by atoms with van der Waals surface area (Å²) < 4.78 is 0. The van der Waals surface area contributed by atoms with Gasteiger partial charge in [-0.05, 0) is 32.6 Å². The van der Waals surface area contributed by atoms with Crippen LogP contribution in [0.5, 0.6) is 0 Å². The molecular weight excluding hydrogens is 196 g/mol. The summed E-state index contributed by atoms with van der Waals surface area (Å²) in [6.07, 6.45) is 4.14. The molecule has 0 aromatic rings. The quantitative estimate of drug-likeness (QED) is 0.759. The van der Waals surface area contributed by atoms with Crippen LogP contribution >= 0.6 is 11.8 Å². The highest BCUT2D eigenvalue weighted by Crippen LogP contribution is 2.20. The Bertz CT molecular complexity index is 202. The number of nitrogens with zero attached hydrogens (tertiary/aromatic N) is 1. The molecule has 1 amide bonds. The van der Waals surface area contributed by atoms with E-state index in [1.165, 1.54) is 0 Å². The van der Waals surface area contributed by atoms with Crippen molar-refractivity contribution in [2.45, 2.75) is 25.3 Å². The largest absolute Gasteiger partial charge is 0.343 e. The van der Waals surface area contributed by atoms with E-state index in [2.05, 4.69) is 11.6 Å². The Hall–Kier alpha value is -0.220. The Kier molecular flexibility index (Phi) is 4.26. The second-order valence-electron chi connectivity index (χ2n) is 4.08. The minimum atomic E-state index is -0.298. The van der Waals surface area contributed by atoms with Crippen LogP contribution in [0.15, 0.2) is 0 Å². The van der Waals surface area contributed by atoms with Crippen LogP contribution in [-0.4, -0.2) is 48.5 Å². The van der Waals surface area contributed by atoms with E-state index in [1.807, 2.05) is 18.9 Å². The van der Waals surface area contributed by atoms with E-state index < -0.39 is 0 Å².